The summed E-state index contributed by atoms with van der Waals surface area (Å²) < 4.78 is 16.0. The summed E-state index contributed by atoms with van der Waals surface area (Å²) in [5, 5.41) is 3.34. The highest BCUT2D eigenvalue weighted by atomic mass is 16.6. The lowest BCUT2D eigenvalue weighted by Crippen LogP contribution is -2.38. The van der Waals surface area contributed by atoms with Crippen molar-refractivity contribution in [1.82, 2.24) is 5.32 Å². The Bertz CT molecular complexity index is 879. The van der Waals surface area contributed by atoms with Gasteiger partial charge in [0.2, 0.25) is 0 Å². The predicted molar refractivity (Wildman–Crippen MR) is 114 cm³/mol. The Kier molecular flexibility index (Phi) is 6.66. The molecule has 1 N–H and O–H groups in total. The zero-order valence-electron chi connectivity index (χ0n) is 18.5. The largest absolute Gasteiger partial charge is 0.494 e. The maximum atomic E-state index is 13.2. The zero-order valence-corrected chi connectivity index (χ0v) is 18.5. The molecule has 0 spiro atoms. The number of benzene rings is 1. The number of ether oxygens (including phenoxy) is 3. The molecule has 0 aromatic heterocycles. The van der Waals surface area contributed by atoms with Crippen LogP contribution in [0.4, 0.5) is 0 Å². The van der Waals surface area contributed by atoms with E-state index in [0.29, 0.717) is 30.8 Å². The van der Waals surface area contributed by atoms with Crippen molar-refractivity contribution in [3.05, 3.63) is 52.4 Å². The Morgan fingerprint density at radius 3 is 2.50 bits per heavy atom. The molecule has 0 saturated heterocycles. The number of hydrogen-bond acceptors (Lipinski definition) is 6. The summed E-state index contributed by atoms with van der Waals surface area (Å²) in [4.78, 5) is 26.2. The molecule has 0 amide bonds. The molecule has 162 valence electrons. The van der Waals surface area contributed by atoms with Gasteiger partial charge in [-0.05, 0) is 43.4 Å². The maximum Gasteiger partial charge on any atom is 0.336 e. The minimum absolute atomic E-state index is 0.0716. The summed E-state index contributed by atoms with van der Waals surface area (Å²) >= 11 is 0. The highest BCUT2D eigenvalue weighted by Gasteiger charge is 2.43. The highest BCUT2D eigenvalue weighted by molar-refractivity contribution is 6.04. The third kappa shape index (κ3) is 4.59. The molecule has 30 heavy (non-hydrogen) atoms. The van der Waals surface area contributed by atoms with Crippen LogP contribution < -0.4 is 10.1 Å². The summed E-state index contributed by atoms with van der Waals surface area (Å²) in [6, 6.07) is 7.60. The molecule has 1 aliphatic carbocycles. The molecular formula is C24H31NO5. The van der Waals surface area contributed by atoms with Crippen molar-refractivity contribution in [1.29, 1.82) is 0 Å². The van der Waals surface area contributed by atoms with Crippen LogP contribution in [0.3, 0.4) is 0 Å². The molecule has 1 heterocycles. The predicted octanol–water partition coefficient (Wildman–Crippen LogP) is 3.88. The Morgan fingerprint density at radius 1 is 1.17 bits per heavy atom. The van der Waals surface area contributed by atoms with E-state index in [4.69, 9.17) is 14.2 Å². The molecule has 0 fully saturated rings. The van der Waals surface area contributed by atoms with Gasteiger partial charge in [0.25, 0.3) is 0 Å². The first-order valence-electron chi connectivity index (χ1n) is 10.4. The van der Waals surface area contributed by atoms with Crippen molar-refractivity contribution in [3.63, 3.8) is 0 Å². The van der Waals surface area contributed by atoms with Gasteiger partial charge in [-0.15, -0.1) is 0 Å². The van der Waals surface area contributed by atoms with Gasteiger partial charge < -0.3 is 19.5 Å². The third-order valence-corrected chi connectivity index (χ3v) is 5.50. The fraction of sp³-hybridized carbons (Fsp3) is 0.500. The van der Waals surface area contributed by atoms with Gasteiger partial charge in [-0.3, -0.25) is 4.79 Å². The van der Waals surface area contributed by atoms with E-state index in [0.717, 1.165) is 29.1 Å². The van der Waals surface area contributed by atoms with Crippen molar-refractivity contribution in [2.45, 2.75) is 46.5 Å². The summed E-state index contributed by atoms with van der Waals surface area (Å²) in [5.74, 6) is -0.0663. The molecule has 1 aromatic carbocycles. The van der Waals surface area contributed by atoms with E-state index in [9.17, 15) is 9.59 Å². The van der Waals surface area contributed by atoms with E-state index in [-0.39, 0.29) is 17.8 Å². The number of dihydropyridines is 1. The molecule has 1 atom stereocenters. The first-order valence-corrected chi connectivity index (χ1v) is 10.4. The summed E-state index contributed by atoms with van der Waals surface area (Å²) in [6.45, 7) is 9.04. The molecule has 6 heteroatoms. The lowest BCUT2D eigenvalue weighted by Gasteiger charge is -2.39. The van der Waals surface area contributed by atoms with Crippen molar-refractivity contribution in [2.24, 2.45) is 5.41 Å². The van der Waals surface area contributed by atoms with Gasteiger partial charge in [-0.1, -0.05) is 26.0 Å². The molecule has 1 unspecified atom stereocenters. The van der Waals surface area contributed by atoms with Crippen LogP contribution in [0.1, 0.15) is 52.0 Å². The standard InChI is InChI=1S/C24H31NO5/c1-6-29-17-9-7-16(8-10-17)21-20(23(27)30-12-11-28-5)15(2)25-18-13-24(3,4)14-19(26)22(18)21/h7-10,21,25H,6,11-14H2,1-5H3. The number of ketones is 1. The number of methoxy groups -OCH3 is 1. The number of allylic oxidation sites excluding steroid dienone is 3. The molecule has 0 bridgehead atoms. The first kappa shape index (κ1) is 22.1. The number of Topliss-reactive ketones (excluding diaryl/α,β-unsaturated/α-hetero) is 1. The van der Waals surface area contributed by atoms with Gasteiger partial charge in [-0.2, -0.15) is 0 Å². The van der Waals surface area contributed by atoms with Crippen LogP contribution in [-0.4, -0.2) is 38.7 Å². The van der Waals surface area contributed by atoms with E-state index in [1.54, 1.807) is 7.11 Å². The van der Waals surface area contributed by atoms with E-state index in [2.05, 4.69) is 19.2 Å². The van der Waals surface area contributed by atoms with Crippen LogP contribution in [0.2, 0.25) is 0 Å². The second kappa shape index (κ2) is 9.04. The quantitative estimate of drug-likeness (QED) is 0.540. The van der Waals surface area contributed by atoms with Crippen LogP contribution >= 0.6 is 0 Å². The summed E-state index contributed by atoms with van der Waals surface area (Å²) in [6.07, 6.45) is 1.21. The van der Waals surface area contributed by atoms with Crippen molar-refractivity contribution in [2.75, 3.05) is 26.9 Å². The summed E-state index contributed by atoms with van der Waals surface area (Å²) in [7, 11) is 1.56. The molecule has 0 saturated carbocycles. The van der Waals surface area contributed by atoms with Gasteiger partial charge in [0.05, 0.1) is 18.8 Å². The van der Waals surface area contributed by atoms with Gasteiger partial charge in [-0.25, -0.2) is 4.79 Å². The Balaban J connectivity index is 2.05. The lowest BCUT2D eigenvalue weighted by molar-refractivity contribution is -0.140. The molecule has 3 rings (SSSR count). The minimum Gasteiger partial charge on any atom is -0.494 e. The number of esters is 1. The fourth-order valence-corrected chi connectivity index (χ4v) is 4.26. The van der Waals surface area contributed by atoms with Crippen LogP contribution in [-0.2, 0) is 19.1 Å². The van der Waals surface area contributed by atoms with Gasteiger partial charge >= 0.3 is 5.97 Å². The number of nitrogens with one attached hydrogen (secondary N) is 1. The average molecular weight is 414 g/mol. The van der Waals surface area contributed by atoms with Gasteiger partial charge in [0, 0.05) is 36.4 Å². The SMILES string of the molecule is CCOc1ccc(C2C(C(=O)OCCOC)=C(C)NC3=C2C(=O)CC(C)(C)C3)cc1. The average Bonchev–Trinajstić information content (AvgIpc) is 2.67. The molecule has 2 aliphatic rings. The molecule has 0 radical (unpaired) electrons. The van der Waals surface area contributed by atoms with E-state index in [1.165, 1.54) is 0 Å². The second-order valence-electron chi connectivity index (χ2n) is 8.56. The smallest absolute Gasteiger partial charge is 0.336 e. The fourth-order valence-electron chi connectivity index (χ4n) is 4.26. The van der Waals surface area contributed by atoms with Gasteiger partial charge in [0.1, 0.15) is 12.4 Å². The molecule has 6 nitrogen and oxygen atoms in total. The second-order valence-corrected chi connectivity index (χ2v) is 8.56. The topological polar surface area (TPSA) is 73.9 Å². The first-order chi connectivity index (χ1) is 14.3. The number of hydrogen-bond donors (Lipinski definition) is 1. The molecule has 1 aliphatic heterocycles. The Labute approximate surface area is 178 Å². The Morgan fingerprint density at radius 2 is 1.87 bits per heavy atom. The van der Waals surface area contributed by atoms with Crippen molar-refractivity contribution >= 4 is 11.8 Å². The van der Waals surface area contributed by atoms with E-state index >= 15 is 0 Å². The summed E-state index contributed by atoms with van der Waals surface area (Å²) in [5.41, 5.74) is 3.52. The minimum atomic E-state index is -0.462. The van der Waals surface area contributed by atoms with Crippen molar-refractivity contribution < 1.29 is 23.8 Å². The number of carbonyl (C=O) groups excluding carboxylic acids is 2. The third-order valence-electron chi connectivity index (χ3n) is 5.50. The number of carbonyl (C=O) groups is 2. The van der Waals surface area contributed by atoms with E-state index in [1.807, 2.05) is 38.1 Å². The highest BCUT2D eigenvalue weighted by Crippen LogP contribution is 2.46. The van der Waals surface area contributed by atoms with Crippen LogP contribution in [0.15, 0.2) is 46.8 Å². The van der Waals surface area contributed by atoms with Crippen LogP contribution in [0, 0.1) is 5.41 Å². The van der Waals surface area contributed by atoms with Crippen LogP contribution in [0.5, 0.6) is 5.75 Å². The number of rotatable bonds is 7. The monoisotopic (exact) mass is 413 g/mol. The van der Waals surface area contributed by atoms with E-state index < -0.39 is 11.9 Å². The molecular weight excluding hydrogens is 382 g/mol. The lowest BCUT2D eigenvalue weighted by atomic mass is 9.68. The van der Waals surface area contributed by atoms with Crippen molar-refractivity contribution in [3.8, 4) is 5.75 Å². The van der Waals surface area contributed by atoms with Crippen LogP contribution in [0.25, 0.3) is 0 Å². The normalized spacial score (nSPS) is 20.6. The Hall–Kier alpha value is -2.60. The molecule has 1 aromatic rings. The zero-order chi connectivity index (χ0) is 21.9. The maximum absolute atomic E-state index is 13.2. The van der Waals surface area contributed by atoms with Gasteiger partial charge in [0.15, 0.2) is 5.78 Å².